The molecule has 0 unspecified atom stereocenters. The molecule has 118 valence electrons. The minimum absolute atomic E-state index is 0.136. The van der Waals surface area contributed by atoms with Gasteiger partial charge in [0.15, 0.2) is 5.82 Å². The summed E-state index contributed by atoms with van der Waals surface area (Å²) in [4.78, 5) is 9.14. The Morgan fingerprint density at radius 3 is 2.43 bits per heavy atom. The third-order valence-corrected chi connectivity index (χ3v) is 3.81. The number of hydrogen-bond donors (Lipinski definition) is 2. The molecule has 0 amide bonds. The summed E-state index contributed by atoms with van der Waals surface area (Å²) in [7, 11) is 0. The van der Waals surface area contributed by atoms with Crippen molar-refractivity contribution in [2.45, 2.75) is 71.3 Å². The van der Waals surface area contributed by atoms with Gasteiger partial charge in [0.05, 0.1) is 6.61 Å². The van der Waals surface area contributed by atoms with E-state index in [0.29, 0.717) is 24.2 Å². The van der Waals surface area contributed by atoms with Crippen LogP contribution < -0.4 is 15.8 Å². The fourth-order valence-electron chi connectivity index (χ4n) is 2.58. The highest BCUT2D eigenvalue weighted by Gasteiger charge is 2.23. The number of nitrogens with two attached hydrogens (primary N) is 1. The zero-order valence-corrected chi connectivity index (χ0v) is 13.7. The van der Waals surface area contributed by atoms with E-state index in [1.807, 2.05) is 6.92 Å². The minimum atomic E-state index is -0.136. The Morgan fingerprint density at radius 1 is 1.19 bits per heavy atom. The fraction of sp³-hybridized carbons (Fsp3) is 0.750. The highest BCUT2D eigenvalue weighted by molar-refractivity contribution is 5.67. The topological polar surface area (TPSA) is 73.1 Å². The minimum Gasteiger partial charge on any atom is -0.476 e. The Balaban J connectivity index is 2.30. The van der Waals surface area contributed by atoms with Crippen molar-refractivity contribution in [2.75, 3.05) is 17.7 Å². The van der Waals surface area contributed by atoms with Crippen LogP contribution in [0.15, 0.2) is 0 Å². The van der Waals surface area contributed by atoms with Gasteiger partial charge in [0.1, 0.15) is 11.5 Å². The number of nitrogens with zero attached hydrogens (tertiary/aromatic N) is 2. The Morgan fingerprint density at radius 2 is 1.86 bits per heavy atom. The first-order chi connectivity index (χ1) is 9.91. The molecule has 5 heteroatoms. The zero-order valence-electron chi connectivity index (χ0n) is 13.7. The Bertz CT molecular complexity index is 476. The number of nitrogen functional groups attached to an aromatic ring is 1. The van der Waals surface area contributed by atoms with Gasteiger partial charge in [-0.2, -0.15) is 4.98 Å². The molecule has 0 aromatic carbocycles. The third kappa shape index (κ3) is 3.99. The Hall–Kier alpha value is -1.52. The molecule has 0 saturated heterocycles. The van der Waals surface area contributed by atoms with E-state index in [1.165, 1.54) is 32.1 Å². The van der Waals surface area contributed by atoms with Crippen LogP contribution >= 0.6 is 0 Å². The second kappa shape index (κ2) is 6.50. The molecule has 1 aromatic heterocycles. The third-order valence-electron chi connectivity index (χ3n) is 3.81. The lowest BCUT2D eigenvalue weighted by molar-refractivity contribution is 0.324. The van der Waals surface area contributed by atoms with E-state index in [1.54, 1.807) is 0 Å². The molecule has 0 bridgehead atoms. The van der Waals surface area contributed by atoms with Crippen LogP contribution in [0.3, 0.4) is 0 Å². The summed E-state index contributed by atoms with van der Waals surface area (Å²) in [6.07, 6.45) is 6.23. The predicted octanol–water partition coefficient (Wildman–Crippen LogP) is 3.50. The molecule has 21 heavy (non-hydrogen) atoms. The molecule has 0 spiro atoms. The average molecular weight is 292 g/mol. The van der Waals surface area contributed by atoms with Crippen molar-refractivity contribution in [1.29, 1.82) is 0 Å². The van der Waals surface area contributed by atoms with E-state index in [9.17, 15) is 0 Å². The van der Waals surface area contributed by atoms with Gasteiger partial charge in [-0.25, -0.2) is 4.98 Å². The first-order valence-corrected chi connectivity index (χ1v) is 7.99. The molecule has 2 rings (SSSR count). The summed E-state index contributed by atoms with van der Waals surface area (Å²) < 4.78 is 5.59. The monoisotopic (exact) mass is 292 g/mol. The van der Waals surface area contributed by atoms with Crippen molar-refractivity contribution in [1.82, 2.24) is 9.97 Å². The van der Waals surface area contributed by atoms with E-state index < -0.39 is 0 Å². The van der Waals surface area contributed by atoms with Crippen LogP contribution in [0.25, 0.3) is 0 Å². The molecule has 1 aliphatic carbocycles. The predicted molar refractivity (Wildman–Crippen MR) is 86.8 cm³/mol. The molecule has 1 aliphatic rings. The molecule has 0 radical (unpaired) electrons. The SMILES string of the molecule is CCOc1nc(C(C)(C)C)nc(NC2CCCCC2)c1N. The molecule has 0 aliphatic heterocycles. The molecule has 1 saturated carbocycles. The molecular weight excluding hydrogens is 264 g/mol. The van der Waals surface area contributed by atoms with E-state index >= 15 is 0 Å². The maximum absolute atomic E-state index is 6.19. The molecule has 1 fully saturated rings. The summed E-state index contributed by atoms with van der Waals surface area (Å²) in [6, 6.07) is 0.457. The van der Waals surface area contributed by atoms with Crippen LogP contribution in [-0.4, -0.2) is 22.6 Å². The van der Waals surface area contributed by atoms with Crippen LogP contribution in [-0.2, 0) is 5.41 Å². The van der Waals surface area contributed by atoms with Crippen molar-refractivity contribution in [2.24, 2.45) is 0 Å². The number of anilines is 2. The molecular formula is C16H28N4O. The lowest BCUT2D eigenvalue weighted by atomic mass is 9.95. The largest absolute Gasteiger partial charge is 0.476 e. The van der Waals surface area contributed by atoms with Gasteiger partial charge in [-0.1, -0.05) is 40.0 Å². The van der Waals surface area contributed by atoms with Gasteiger partial charge in [-0.15, -0.1) is 0 Å². The summed E-state index contributed by atoms with van der Waals surface area (Å²) >= 11 is 0. The summed E-state index contributed by atoms with van der Waals surface area (Å²) in [5.74, 6) is 1.99. The average Bonchev–Trinajstić information content (AvgIpc) is 2.43. The maximum atomic E-state index is 6.19. The quantitative estimate of drug-likeness (QED) is 0.888. The zero-order chi connectivity index (χ0) is 15.5. The van der Waals surface area contributed by atoms with Gasteiger partial charge in [0.25, 0.3) is 0 Å². The lowest BCUT2D eigenvalue weighted by Gasteiger charge is -2.26. The molecule has 1 heterocycles. The summed E-state index contributed by atoms with van der Waals surface area (Å²) in [6.45, 7) is 8.77. The number of ether oxygens (including phenoxy) is 1. The smallest absolute Gasteiger partial charge is 0.242 e. The van der Waals surface area contributed by atoms with Crippen molar-refractivity contribution >= 4 is 11.5 Å². The van der Waals surface area contributed by atoms with Crippen LogP contribution in [0.1, 0.15) is 65.6 Å². The first kappa shape index (κ1) is 15.9. The van der Waals surface area contributed by atoms with Crippen LogP contribution in [0.4, 0.5) is 11.5 Å². The number of aromatic nitrogens is 2. The summed E-state index contributed by atoms with van der Waals surface area (Å²) in [5.41, 5.74) is 6.57. The van der Waals surface area contributed by atoms with E-state index in [-0.39, 0.29) is 5.41 Å². The first-order valence-electron chi connectivity index (χ1n) is 7.99. The lowest BCUT2D eigenvalue weighted by Crippen LogP contribution is -2.25. The van der Waals surface area contributed by atoms with Crippen molar-refractivity contribution in [3.8, 4) is 5.88 Å². The maximum Gasteiger partial charge on any atom is 0.242 e. The fourth-order valence-corrected chi connectivity index (χ4v) is 2.58. The Labute approximate surface area is 127 Å². The number of rotatable bonds is 4. The molecule has 3 N–H and O–H groups in total. The highest BCUT2D eigenvalue weighted by Crippen LogP contribution is 2.32. The standard InChI is InChI=1S/C16H28N4O/c1-5-21-14-12(17)13(18-11-9-7-6-8-10-11)19-15(20-14)16(2,3)4/h11H,5-10,17H2,1-4H3,(H,18,19,20). The van der Waals surface area contributed by atoms with Gasteiger partial charge in [-0.05, 0) is 19.8 Å². The van der Waals surface area contributed by atoms with Crippen LogP contribution in [0.5, 0.6) is 5.88 Å². The highest BCUT2D eigenvalue weighted by atomic mass is 16.5. The van der Waals surface area contributed by atoms with E-state index in [4.69, 9.17) is 10.5 Å². The van der Waals surface area contributed by atoms with Gasteiger partial charge in [0, 0.05) is 11.5 Å². The molecule has 1 aromatic rings. The van der Waals surface area contributed by atoms with E-state index in [2.05, 4.69) is 36.1 Å². The number of nitrogens with one attached hydrogen (secondary N) is 1. The van der Waals surface area contributed by atoms with Crippen molar-refractivity contribution < 1.29 is 4.74 Å². The van der Waals surface area contributed by atoms with Crippen molar-refractivity contribution in [3.63, 3.8) is 0 Å². The van der Waals surface area contributed by atoms with Crippen LogP contribution in [0.2, 0.25) is 0 Å². The van der Waals surface area contributed by atoms with Gasteiger partial charge in [0.2, 0.25) is 5.88 Å². The van der Waals surface area contributed by atoms with Gasteiger partial charge < -0.3 is 15.8 Å². The number of hydrogen-bond acceptors (Lipinski definition) is 5. The second-order valence-corrected chi connectivity index (χ2v) is 6.78. The second-order valence-electron chi connectivity index (χ2n) is 6.78. The van der Waals surface area contributed by atoms with Crippen LogP contribution in [0, 0.1) is 0 Å². The van der Waals surface area contributed by atoms with E-state index in [0.717, 1.165) is 11.6 Å². The molecule has 0 atom stereocenters. The Kier molecular flexibility index (Phi) is 4.91. The van der Waals surface area contributed by atoms with Gasteiger partial charge >= 0.3 is 0 Å². The molecule has 5 nitrogen and oxygen atoms in total. The summed E-state index contributed by atoms with van der Waals surface area (Å²) in [5, 5.41) is 3.50. The van der Waals surface area contributed by atoms with Gasteiger partial charge in [-0.3, -0.25) is 0 Å². The normalized spacial score (nSPS) is 16.8. The van der Waals surface area contributed by atoms with Crippen molar-refractivity contribution in [3.05, 3.63) is 5.82 Å².